The number of alkyl halides is 3. The molecule has 0 aliphatic carbocycles. The summed E-state index contributed by atoms with van der Waals surface area (Å²) in [5.41, 5.74) is 0. The van der Waals surface area contributed by atoms with Crippen LogP contribution in [0.2, 0.25) is 6.04 Å². The molecule has 0 bridgehead atoms. The van der Waals surface area contributed by atoms with Gasteiger partial charge in [-0.1, -0.05) is 0 Å². The molecule has 0 atom stereocenters. The Balaban J connectivity index is 0. The molecule has 0 aromatic carbocycles. The lowest BCUT2D eigenvalue weighted by atomic mass is 10.5. The lowest BCUT2D eigenvalue weighted by molar-refractivity contribution is -0.132. The predicted molar refractivity (Wildman–Crippen MR) is 50.4 cm³/mol. The minimum Gasteiger partial charge on any atom is -0.400 e. The first kappa shape index (κ1) is 17.2. The number of halogens is 3. The molecule has 0 radical (unpaired) electrons. The van der Waals surface area contributed by atoms with Gasteiger partial charge in [0.15, 0.2) is 0 Å². The van der Waals surface area contributed by atoms with Gasteiger partial charge in [0, 0.05) is 40.9 Å². The Hall–Kier alpha value is -0.153. The predicted octanol–water partition coefficient (Wildman–Crippen LogP) is 1.43. The zero-order chi connectivity index (χ0) is 12.5. The van der Waals surface area contributed by atoms with Gasteiger partial charge in [0.05, 0.1) is 0 Å². The third-order valence-electron chi connectivity index (χ3n) is 1.65. The Labute approximate surface area is 88.3 Å². The molecular formula is C7H17F3O4Si. The van der Waals surface area contributed by atoms with Crippen LogP contribution in [0.5, 0.6) is 0 Å². The monoisotopic (exact) mass is 250 g/mol. The van der Waals surface area contributed by atoms with E-state index < -0.39 is 21.4 Å². The molecule has 1 N–H and O–H groups in total. The van der Waals surface area contributed by atoms with Crippen molar-refractivity contribution in [2.45, 2.75) is 18.6 Å². The van der Waals surface area contributed by atoms with Gasteiger partial charge in [-0.25, -0.2) is 0 Å². The summed E-state index contributed by atoms with van der Waals surface area (Å²) >= 11 is 0. The van der Waals surface area contributed by atoms with Crippen LogP contribution in [0.4, 0.5) is 13.2 Å². The molecule has 0 saturated carbocycles. The van der Waals surface area contributed by atoms with E-state index in [1.54, 1.807) is 0 Å². The van der Waals surface area contributed by atoms with E-state index in [9.17, 15) is 13.2 Å². The molecule has 0 amide bonds. The van der Waals surface area contributed by atoms with Gasteiger partial charge >= 0.3 is 15.0 Å². The minimum atomic E-state index is -4.20. The topological polar surface area (TPSA) is 47.9 Å². The Morgan fingerprint density at radius 3 is 1.53 bits per heavy atom. The molecule has 0 aromatic heterocycles. The summed E-state index contributed by atoms with van der Waals surface area (Å²) in [4.78, 5) is 0. The Bertz CT molecular complexity index is 141. The van der Waals surface area contributed by atoms with Crippen LogP contribution < -0.4 is 0 Å². The maximum atomic E-state index is 11.9. The second-order valence-corrected chi connectivity index (χ2v) is 5.50. The van der Waals surface area contributed by atoms with E-state index >= 15 is 0 Å². The third-order valence-corrected chi connectivity index (χ3v) is 4.38. The third kappa shape index (κ3) is 7.74. The van der Waals surface area contributed by atoms with Crippen LogP contribution in [0, 0.1) is 0 Å². The highest BCUT2D eigenvalue weighted by Crippen LogP contribution is 2.26. The van der Waals surface area contributed by atoms with Crippen molar-refractivity contribution in [3.63, 3.8) is 0 Å². The summed E-state index contributed by atoms with van der Waals surface area (Å²) in [7, 11) is 1.81. The van der Waals surface area contributed by atoms with E-state index in [1.165, 1.54) is 21.3 Å². The molecule has 0 aliphatic rings. The number of aliphatic hydroxyl groups is 1. The van der Waals surface area contributed by atoms with Gasteiger partial charge in [-0.3, -0.25) is 0 Å². The fourth-order valence-corrected chi connectivity index (χ4v) is 2.55. The highest BCUT2D eigenvalue weighted by molar-refractivity contribution is 6.60. The fourth-order valence-electron chi connectivity index (χ4n) is 0.851. The molecule has 4 nitrogen and oxygen atoms in total. The van der Waals surface area contributed by atoms with Crippen molar-refractivity contribution in [1.82, 2.24) is 0 Å². The van der Waals surface area contributed by atoms with Crippen molar-refractivity contribution in [2.75, 3.05) is 28.4 Å². The molecule has 0 saturated heterocycles. The van der Waals surface area contributed by atoms with Crippen LogP contribution in [-0.2, 0) is 13.3 Å². The Morgan fingerprint density at radius 1 is 1.00 bits per heavy atom. The smallest absolute Gasteiger partial charge is 0.400 e. The van der Waals surface area contributed by atoms with Gasteiger partial charge in [-0.2, -0.15) is 13.2 Å². The Morgan fingerprint density at radius 2 is 1.33 bits per heavy atom. The van der Waals surface area contributed by atoms with Crippen LogP contribution in [0.3, 0.4) is 0 Å². The van der Waals surface area contributed by atoms with Crippen molar-refractivity contribution in [3.8, 4) is 0 Å². The summed E-state index contributed by atoms with van der Waals surface area (Å²) in [6.45, 7) is 0. The second kappa shape index (κ2) is 8.05. The molecule has 0 spiro atoms. The van der Waals surface area contributed by atoms with Crippen LogP contribution in [0.15, 0.2) is 0 Å². The molecule has 0 heterocycles. The highest BCUT2D eigenvalue weighted by Gasteiger charge is 2.42. The summed E-state index contributed by atoms with van der Waals surface area (Å²) in [5.74, 6) is 0. The van der Waals surface area contributed by atoms with E-state index in [4.69, 9.17) is 18.4 Å². The normalized spacial score (nSPS) is 12.0. The van der Waals surface area contributed by atoms with E-state index in [2.05, 4.69) is 0 Å². The maximum absolute atomic E-state index is 11.9. The van der Waals surface area contributed by atoms with Gasteiger partial charge in [0.2, 0.25) is 0 Å². The number of aliphatic hydroxyl groups excluding tert-OH is 1. The first-order valence-corrected chi connectivity index (χ1v) is 5.99. The van der Waals surface area contributed by atoms with Crippen molar-refractivity contribution >= 4 is 8.80 Å². The van der Waals surface area contributed by atoms with Gasteiger partial charge in [0.25, 0.3) is 0 Å². The second-order valence-electron chi connectivity index (χ2n) is 2.41. The van der Waals surface area contributed by atoms with Gasteiger partial charge < -0.3 is 18.4 Å². The highest BCUT2D eigenvalue weighted by atomic mass is 28.4. The quantitative estimate of drug-likeness (QED) is 0.750. The first-order chi connectivity index (χ1) is 6.89. The van der Waals surface area contributed by atoms with Gasteiger partial charge in [-0.15, -0.1) is 0 Å². The van der Waals surface area contributed by atoms with E-state index in [-0.39, 0.29) is 6.04 Å². The lowest BCUT2D eigenvalue weighted by Crippen LogP contribution is -2.43. The standard InChI is InChI=1S/C6H13F3O3Si.CH4O/c1-10-13(11-2,12-3)5-4-6(7,8)9;1-2/h4-5H2,1-3H3;2H,1H3. The zero-order valence-corrected chi connectivity index (χ0v) is 10.2. The fraction of sp³-hybridized carbons (Fsp3) is 1.00. The molecule has 0 aromatic rings. The van der Waals surface area contributed by atoms with Gasteiger partial charge in [0.1, 0.15) is 0 Å². The average Bonchev–Trinajstić information content (AvgIpc) is 2.22. The molecule has 0 aliphatic heterocycles. The van der Waals surface area contributed by atoms with E-state index in [0.717, 1.165) is 7.11 Å². The van der Waals surface area contributed by atoms with Crippen molar-refractivity contribution in [3.05, 3.63) is 0 Å². The Kier molecular flexibility index (Phi) is 9.26. The molecule has 0 rings (SSSR count). The molecular weight excluding hydrogens is 233 g/mol. The SMILES string of the molecule is CO.CO[Si](CCC(F)(F)F)(OC)OC. The summed E-state index contributed by atoms with van der Waals surface area (Å²) < 4.78 is 50.0. The summed E-state index contributed by atoms with van der Waals surface area (Å²) in [6, 6.07) is -0.250. The van der Waals surface area contributed by atoms with E-state index in [1.807, 2.05) is 0 Å². The largest absolute Gasteiger partial charge is 0.500 e. The van der Waals surface area contributed by atoms with Crippen molar-refractivity contribution < 1.29 is 31.6 Å². The van der Waals surface area contributed by atoms with Crippen LogP contribution in [0.25, 0.3) is 0 Å². The molecule has 94 valence electrons. The van der Waals surface area contributed by atoms with Gasteiger partial charge in [-0.05, 0) is 0 Å². The van der Waals surface area contributed by atoms with Crippen LogP contribution >= 0.6 is 0 Å². The maximum Gasteiger partial charge on any atom is 0.500 e. The minimum absolute atomic E-state index is 0.250. The molecule has 15 heavy (non-hydrogen) atoms. The van der Waals surface area contributed by atoms with E-state index in [0.29, 0.717) is 0 Å². The van der Waals surface area contributed by atoms with Crippen LogP contribution in [0.1, 0.15) is 6.42 Å². The first-order valence-electron chi connectivity index (χ1n) is 4.06. The average molecular weight is 250 g/mol. The van der Waals surface area contributed by atoms with Crippen molar-refractivity contribution in [1.29, 1.82) is 0 Å². The molecule has 8 heteroatoms. The molecule has 0 fully saturated rings. The summed E-state index contributed by atoms with van der Waals surface area (Å²) in [5, 5.41) is 7.00. The zero-order valence-electron chi connectivity index (χ0n) is 9.22. The van der Waals surface area contributed by atoms with Crippen molar-refractivity contribution in [2.24, 2.45) is 0 Å². The van der Waals surface area contributed by atoms with Crippen LogP contribution in [-0.4, -0.2) is 48.5 Å². The summed E-state index contributed by atoms with van der Waals surface area (Å²) in [6.07, 6.45) is -5.15. The number of hydrogen-bond acceptors (Lipinski definition) is 4. The molecule has 0 unspecified atom stereocenters. The number of hydrogen-bond donors (Lipinski definition) is 1. The number of rotatable bonds is 5. The lowest BCUT2D eigenvalue weighted by Gasteiger charge is -2.24.